The van der Waals surface area contributed by atoms with Crippen LogP contribution in [0.4, 0.5) is 0 Å². The lowest BCUT2D eigenvalue weighted by Crippen LogP contribution is -2.37. The average molecular weight is 353 g/mol. The van der Waals surface area contributed by atoms with Crippen LogP contribution in [0.5, 0.6) is 0 Å². The Morgan fingerprint density at radius 1 is 1.36 bits per heavy atom. The van der Waals surface area contributed by atoms with Crippen molar-refractivity contribution in [2.45, 2.75) is 70.3 Å². The molecule has 25 heavy (non-hydrogen) atoms. The minimum Gasteiger partial charge on any atom is -0.469 e. The van der Waals surface area contributed by atoms with Gasteiger partial charge in [0.2, 0.25) is 0 Å². The Bertz CT molecular complexity index is 472. The minimum atomic E-state index is -0.279. The molecule has 0 aromatic carbocycles. The van der Waals surface area contributed by atoms with Gasteiger partial charge in [-0.15, -0.1) is 0 Å². The van der Waals surface area contributed by atoms with Gasteiger partial charge in [-0.1, -0.05) is 11.6 Å². The molecule has 0 amide bonds. The lowest BCUT2D eigenvalue weighted by atomic mass is 9.93. The largest absolute Gasteiger partial charge is 0.469 e. The van der Waals surface area contributed by atoms with E-state index in [1.165, 1.54) is 12.7 Å². The van der Waals surface area contributed by atoms with Crippen LogP contribution in [0, 0.1) is 11.8 Å². The zero-order valence-electron chi connectivity index (χ0n) is 15.3. The Labute approximate surface area is 150 Å². The number of allylic oxidation sites excluding steroid dienone is 2. The molecule has 6 nitrogen and oxygen atoms in total. The first kappa shape index (κ1) is 20.1. The number of aldehydes is 1. The molecule has 0 aromatic heterocycles. The quantitative estimate of drug-likeness (QED) is 0.409. The first-order valence-electron chi connectivity index (χ1n) is 9.25. The normalized spacial score (nSPS) is 33.2. The third kappa shape index (κ3) is 5.90. The molecular formula is C19H31NO5. The van der Waals surface area contributed by atoms with Crippen molar-refractivity contribution in [3.8, 4) is 0 Å². The molecule has 1 heterocycles. The Morgan fingerprint density at radius 2 is 2.16 bits per heavy atom. The van der Waals surface area contributed by atoms with E-state index in [1.54, 1.807) is 0 Å². The number of carbonyl (C=O) groups excluding carboxylic acids is 2. The minimum absolute atomic E-state index is 0.163. The van der Waals surface area contributed by atoms with Crippen molar-refractivity contribution >= 4 is 12.3 Å². The van der Waals surface area contributed by atoms with Crippen molar-refractivity contribution in [2.24, 2.45) is 17.6 Å². The lowest BCUT2D eigenvalue weighted by molar-refractivity contribution is -0.194. The maximum atomic E-state index is 11.5. The molecule has 1 aliphatic heterocycles. The Kier molecular flexibility index (Phi) is 8.06. The monoisotopic (exact) mass is 353 g/mol. The zero-order valence-corrected chi connectivity index (χ0v) is 15.3. The molecule has 2 fully saturated rings. The summed E-state index contributed by atoms with van der Waals surface area (Å²) in [5.74, 6) is -0.278. The van der Waals surface area contributed by atoms with Gasteiger partial charge in [0.05, 0.1) is 19.1 Å². The van der Waals surface area contributed by atoms with Crippen molar-refractivity contribution in [3.05, 3.63) is 11.6 Å². The van der Waals surface area contributed by atoms with Gasteiger partial charge in [0.25, 0.3) is 0 Å². The fourth-order valence-corrected chi connectivity index (χ4v) is 3.77. The SMILES string of the molecule is COC(=O)CC/C=C(\C)CC1C[C@@H](OC2CCCCO2)[C@H](C=O)[C@H]1N. The maximum Gasteiger partial charge on any atom is 0.305 e. The molecule has 5 atom stereocenters. The second kappa shape index (κ2) is 10.0. The number of nitrogens with two attached hydrogens (primary N) is 1. The van der Waals surface area contributed by atoms with E-state index >= 15 is 0 Å². The fourth-order valence-electron chi connectivity index (χ4n) is 3.77. The van der Waals surface area contributed by atoms with E-state index < -0.39 is 0 Å². The van der Waals surface area contributed by atoms with E-state index in [1.807, 2.05) is 6.92 Å². The second-order valence-electron chi connectivity index (χ2n) is 7.13. The van der Waals surface area contributed by atoms with Gasteiger partial charge in [0, 0.05) is 19.1 Å². The number of hydrogen-bond acceptors (Lipinski definition) is 6. The highest BCUT2D eigenvalue weighted by Crippen LogP contribution is 2.36. The number of carbonyl (C=O) groups is 2. The van der Waals surface area contributed by atoms with Crippen LogP contribution in [0.15, 0.2) is 11.6 Å². The van der Waals surface area contributed by atoms with Crippen molar-refractivity contribution in [3.63, 3.8) is 0 Å². The number of hydrogen-bond donors (Lipinski definition) is 1. The molecule has 6 heteroatoms. The predicted molar refractivity (Wildman–Crippen MR) is 93.7 cm³/mol. The summed E-state index contributed by atoms with van der Waals surface area (Å²) in [6.07, 6.45) is 8.30. The summed E-state index contributed by atoms with van der Waals surface area (Å²) in [5.41, 5.74) is 7.51. The van der Waals surface area contributed by atoms with Gasteiger partial charge in [-0.3, -0.25) is 4.79 Å². The highest BCUT2D eigenvalue weighted by atomic mass is 16.7. The molecule has 0 spiro atoms. The summed E-state index contributed by atoms with van der Waals surface area (Å²) < 4.78 is 16.3. The van der Waals surface area contributed by atoms with Crippen LogP contribution < -0.4 is 5.73 Å². The summed E-state index contributed by atoms with van der Waals surface area (Å²) in [7, 11) is 1.40. The fraction of sp³-hybridized carbons (Fsp3) is 0.789. The molecule has 2 rings (SSSR count). The third-order valence-electron chi connectivity index (χ3n) is 5.23. The van der Waals surface area contributed by atoms with Crippen molar-refractivity contribution in [1.29, 1.82) is 0 Å². The number of esters is 1. The van der Waals surface area contributed by atoms with Crippen LogP contribution >= 0.6 is 0 Å². The van der Waals surface area contributed by atoms with Crippen molar-refractivity contribution < 1.29 is 23.8 Å². The van der Waals surface area contributed by atoms with Crippen LogP contribution in [-0.2, 0) is 23.8 Å². The highest BCUT2D eigenvalue weighted by molar-refractivity contribution is 5.69. The second-order valence-corrected chi connectivity index (χ2v) is 7.13. The molecule has 0 bridgehead atoms. The molecule has 2 unspecified atom stereocenters. The molecule has 0 aromatic rings. The summed E-state index contributed by atoms with van der Waals surface area (Å²) >= 11 is 0. The number of methoxy groups -OCH3 is 1. The molecule has 1 saturated carbocycles. The van der Waals surface area contributed by atoms with Gasteiger partial charge in [0.15, 0.2) is 6.29 Å². The van der Waals surface area contributed by atoms with E-state index in [-0.39, 0.29) is 36.2 Å². The molecular weight excluding hydrogens is 322 g/mol. The summed E-state index contributed by atoms with van der Waals surface area (Å²) in [5, 5.41) is 0. The van der Waals surface area contributed by atoms with E-state index in [9.17, 15) is 9.59 Å². The summed E-state index contributed by atoms with van der Waals surface area (Å²) in [4.78, 5) is 22.7. The Hall–Kier alpha value is -1.24. The van der Waals surface area contributed by atoms with E-state index in [4.69, 9.17) is 15.2 Å². The van der Waals surface area contributed by atoms with Gasteiger partial charge in [-0.2, -0.15) is 0 Å². The van der Waals surface area contributed by atoms with Gasteiger partial charge in [0.1, 0.15) is 6.29 Å². The molecule has 0 radical (unpaired) electrons. The van der Waals surface area contributed by atoms with Gasteiger partial charge < -0.3 is 24.7 Å². The molecule has 142 valence electrons. The zero-order chi connectivity index (χ0) is 18.2. The Balaban J connectivity index is 1.87. The van der Waals surface area contributed by atoms with E-state index in [2.05, 4.69) is 10.8 Å². The smallest absolute Gasteiger partial charge is 0.305 e. The number of ether oxygens (including phenoxy) is 3. The van der Waals surface area contributed by atoms with Crippen molar-refractivity contribution in [1.82, 2.24) is 0 Å². The van der Waals surface area contributed by atoms with Gasteiger partial charge >= 0.3 is 5.97 Å². The van der Waals surface area contributed by atoms with Crippen LogP contribution in [-0.4, -0.2) is 44.4 Å². The van der Waals surface area contributed by atoms with Crippen LogP contribution in [0.3, 0.4) is 0 Å². The lowest BCUT2D eigenvalue weighted by Gasteiger charge is -2.27. The number of rotatable bonds is 8. The van der Waals surface area contributed by atoms with Crippen molar-refractivity contribution in [2.75, 3.05) is 13.7 Å². The van der Waals surface area contributed by atoms with Crippen LogP contribution in [0.25, 0.3) is 0 Å². The third-order valence-corrected chi connectivity index (χ3v) is 5.23. The molecule has 2 N–H and O–H groups in total. The van der Waals surface area contributed by atoms with E-state index in [0.717, 1.165) is 45.0 Å². The molecule has 1 aliphatic carbocycles. The molecule has 1 saturated heterocycles. The topological polar surface area (TPSA) is 87.9 Å². The maximum absolute atomic E-state index is 11.5. The van der Waals surface area contributed by atoms with Gasteiger partial charge in [-0.25, -0.2) is 0 Å². The summed E-state index contributed by atoms with van der Waals surface area (Å²) in [6.45, 7) is 2.76. The first-order valence-corrected chi connectivity index (χ1v) is 9.25. The van der Waals surface area contributed by atoms with E-state index in [0.29, 0.717) is 12.8 Å². The standard InChI is InChI=1S/C19H31NO5/c1-13(6-5-7-17(22)23-2)10-14-11-16(15(12-21)19(14)20)25-18-8-3-4-9-24-18/h6,12,14-16,18-19H,3-5,7-11,20H2,1-2H3/b13-6+/t14?,15-,16+,18?,19-/m0/s1. The van der Waals surface area contributed by atoms with Crippen LogP contribution in [0.2, 0.25) is 0 Å². The van der Waals surface area contributed by atoms with Gasteiger partial charge in [-0.05, 0) is 51.4 Å². The molecule has 2 aliphatic rings. The van der Waals surface area contributed by atoms with Crippen LogP contribution in [0.1, 0.15) is 51.9 Å². The Morgan fingerprint density at radius 3 is 2.80 bits per heavy atom. The average Bonchev–Trinajstić information content (AvgIpc) is 2.90. The predicted octanol–water partition coefficient (Wildman–Crippen LogP) is 2.35. The summed E-state index contributed by atoms with van der Waals surface area (Å²) in [6, 6.07) is -0.199. The highest BCUT2D eigenvalue weighted by Gasteiger charge is 2.42. The first-order chi connectivity index (χ1) is 12.0.